The third kappa shape index (κ3) is 3.59. The van der Waals surface area contributed by atoms with E-state index in [4.69, 9.17) is 0 Å². The number of hydrogen-bond donors (Lipinski definition) is 2. The molecule has 2 rings (SSSR count). The molecule has 1 heterocycles. The van der Waals surface area contributed by atoms with Crippen LogP contribution in [0.2, 0.25) is 0 Å². The van der Waals surface area contributed by atoms with E-state index in [1.165, 1.54) is 12.6 Å². The van der Waals surface area contributed by atoms with Crippen LogP contribution in [0.5, 0.6) is 0 Å². The predicted molar refractivity (Wildman–Crippen MR) is 83.8 cm³/mol. The number of hydrogen-bond acceptors (Lipinski definition) is 4. The molecule has 108 valence electrons. The molecule has 20 heavy (non-hydrogen) atoms. The van der Waals surface area contributed by atoms with E-state index in [2.05, 4.69) is 21.5 Å². The lowest BCUT2D eigenvalue weighted by molar-refractivity contribution is 0.588. The van der Waals surface area contributed by atoms with Gasteiger partial charge in [0.1, 0.15) is 4.90 Å². The van der Waals surface area contributed by atoms with E-state index in [1.54, 1.807) is 29.5 Å². The zero-order valence-corrected chi connectivity index (χ0v) is 13.1. The van der Waals surface area contributed by atoms with Crippen LogP contribution in [-0.2, 0) is 16.4 Å². The highest BCUT2D eigenvalue weighted by molar-refractivity contribution is 7.89. The SMILES string of the molecule is CNS(=O)(=O)c1ccccc1NC(C)Cc1ccsc1. The van der Waals surface area contributed by atoms with Gasteiger partial charge in [0.2, 0.25) is 10.0 Å². The fourth-order valence-corrected chi connectivity index (χ4v) is 3.58. The summed E-state index contributed by atoms with van der Waals surface area (Å²) < 4.78 is 26.3. The Labute approximate surface area is 123 Å². The first-order chi connectivity index (χ1) is 9.53. The minimum Gasteiger partial charge on any atom is -0.381 e. The zero-order valence-electron chi connectivity index (χ0n) is 11.5. The molecule has 0 aliphatic rings. The maximum atomic E-state index is 12.0. The molecule has 0 saturated carbocycles. The number of benzene rings is 1. The second-order valence-corrected chi connectivity index (χ2v) is 7.22. The molecule has 1 atom stereocenters. The first-order valence-corrected chi connectivity index (χ1v) is 8.75. The Kier molecular flexibility index (Phi) is 4.80. The van der Waals surface area contributed by atoms with Crippen LogP contribution in [0.1, 0.15) is 12.5 Å². The van der Waals surface area contributed by atoms with Gasteiger partial charge >= 0.3 is 0 Å². The van der Waals surface area contributed by atoms with Gasteiger partial charge in [-0.15, -0.1) is 0 Å². The molecule has 2 N–H and O–H groups in total. The van der Waals surface area contributed by atoms with Crippen molar-refractivity contribution in [2.75, 3.05) is 12.4 Å². The Morgan fingerprint density at radius 1 is 1.25 bits per heavy atom. The van der Waals surface area contributed by atoms with Crippen LogP contribution in [0.15, 0.2) is 46.0 Å². The number of thiophene rings is 1. The van der Waals surface area contributed by atoms with Crippen molar-refractivity contribution < 1.29 is 8.42 Å². The highest BCUT2D eigenvalue weighted by atomic mass is 32.2. The summed E-state index contributed by atoms with van der Waals surface area (Å²) in [7, 11) is -2.03. The topological polar surface area (TPSA) is 58.2 Å². The molecule has 4 nitrogen and oxygen atoms in total. The van der Waals surface area contributed by atoms with Crippen molar-refractivity contribution in [1.29, 1.82) is 0 Å². The highest BCUT2D eigenvalue weighted by Crippen LogP contribution is 2.22. The summed E-state index contributed by atoms with van der Waals surface area (Å²) in [5, 5.41) is 7.42. The smallest absolute Gasteiger partial charge is 0.242 e. The maximum absolute atomic E-state index is 12.0. The second-order valence-electron chi connectivity index (χ2n) is 4.58. The Morgan fingerprint density at radius 2 is 2.00 bits per heavy atom. The molecule has 1 aromatic heterocycles. The normalized spacial score (nSPS) is 13.1. The molecular weight excluding hydrogens is 292 g/mol. The summed E-state index contributed by atoms with van der Waals surface area (Å²) in [4.78, 5) is 0.277. The molecule has 1 unspecified atom stereocenters. The molecule has 0 amide bonds. The van der Waals surface area contributed by atoms with E-state index in [9.17, 15) is 8.42 Å². The van der Waals surface area contributed by atoms with E-state index in [0.29, 0.717) is 5.69 Å². The average Bonchev–Trinajstić information content (AvgIpc) is 2.92. The molecule has 0 bridgehead atoms. The summed E-state index contributed by atoms with van der Waals surface area (Å²) in [6, 6.07) is 9.17. The fourth-order valence-electron chi connectivity index (χ4n) is 2.01. The van der Waals surface area contributed by atoms with Gasteiger partial charge in [0, 0.05) is 6.04 Å². The number of anilines is 1. The van der Waals surface area contributed by atoms with Gasteiger partial charge in [-0.05, 0) is 54.9 Å². The zero-order chi connectivity index (χ0) is 14.6. The Balaban J connectivity index is 2.17. The van der Waals surface area contributed by atoms with Crippen LogP contribution in [0, 0.1) is 0 Å². The van der Waals surface area contributed by atoms with Crippen molar-refractivity contribution in [3.63, 3.8) is 0 Å². The third-order valence-corrected chi connectivity index (χ3v) is 5.17. The standard InChI is InChI=1S/C14H18N2O2S2/c1-11(9-12-7-8-19-10-12)16-13-5-3-4-6-14(13)20(17,18)15-2/h3-8,10-11,15-16H,9H2,1-2H3. The van der Waals surface area contributed by atoms with Crippen LogP contribution >= 0.6 is 11.3 Å². The van der Waals surface area contributed by atoms with Crippen molar-refractivity contribution in [1.82, 2.24) is 4.72 Å². The lowest BCUT2D eigenvalue weighted by atomic mass is 10.1. The predicted octanol–water partition coefficient (Wildman–Crippen LogP) is 2.70. The van der Waals surface area contributed by atoms with E-state index in [0.717, 1.165) is 6.42 Å². The lowest BCUT2D eigenvalue weighted by Crippen LogP contribution is -2.23. The molecule has 0 aliphatic heterocycles. The Hall–Kier alpha value is -1.37. The van der Waals surface area contributed by atoms with E-state index < -0.39 is 10.0 Å². The molecule has 0 spiro atoms. The van der Waals surface area contributed by atoms with Gasteiger partial charge in [-0.2, -0.15) is 11.3 Å². The molecule has 0 saturated heterocycles. The summed E-state index contributed by atoms with van der Waals surface area (Å²) >= 11 is 1.67. The van der Waals surface area contributed by atoms with Crippen LogP contribution in [0.25, 0.3) is 0 Å². The second kappa shape index (κ2) is 6.39. The lowest BCUT2D eigenvalue weighted by Gasteiger charge is -2.17. The summed E-state index contributed by atoms with van der Waals surface area (Å²) in [5.74, 6) is 0. The summed E-state index contributed by atoms with van der Waals surface area (Å²) in [6.45, 7) is 2.04. The van der Waals surface area contributed by atoms with Crippen molar-refractivity contribution in [3.8, 4) is 0 Å². The molecule has 0 aliphatic carbocycles. The summed E-state index contributed by atoms with van der Waals surface area (Å²) in [6.07, 6.45) is 0.859. The first kappa shape index (κ1) is 15.0. The first-order valence-electron chi connectivity index (χ1n) is 6.33. The quantitative estimate of drug-likeness (QED) is 0.862. The number of nitrogens with one attached hydrogen (secondary N) is 2. The molecule has 0 radical (unpaired) electrons. The largest absolute Gasteiger partial charge is 0.381 e. The van der Waals surface area contributed by atoms with Gasteiger partial charge in [-0.3, -0.25) is 0 Å². The molecule has 1 aromatic carbocycles. The summed E-state index contributed by atoms with van der Waals surface area (Å²) in [5.41, 5.74) is 1.88. The highest BCUT2D eigenvalue weighted by Gasteiger charge is 2.17. The van der Waals surface area contributed by atoms with Crippen molar-refractivity contribution in [3.05, 3.63) is 46.7 Å². The number of rotatable bonds is 6. The van der Waals surface area contributed by atoms with Gasteiger partial charge in [-0.1, -0.05) is 12.1 Å². The van der Waals surface area contributed by atoms with E-state index in [-0.39, 0.29) is 10.9 Å². The molecule has 6 heteroatoms. The van der Waals surface area contributed by atoms with Crippen LogP contribution in [0.4, 0.5) is 5.69 Å². The monoisotopic (exact) mass is 310 g/mol. The minimum absolute atomic E-state index is 0.151. The minimum atomic E-state index is -3.45. The van der Waals surface area contributed by atoms with Gasteiger partial charge < -0.3 is 5.32 Å². The van der Waals surface area contributed by atoms with Gasteiger partial charge in [-0.25, -0.2) is 13.1 Å². The molecule has 2 aromatic rings. The van der Waals surface area contributed by atoms with Crippen LogP contribution < -0.4 is 10.0 Å². The molecular formula is C14H18N2O2S2. The number of sulfonamides is 1. The van der Waals surface area contributed by atoms with Crippen molar-refractivity contribution in [2.45, 2.75) is 24.3 Å². The Bertz CT molecular complexity index is 652. The van der Waals surface area contributed by atoms with E-state index in [1.807, 2.05) is 18.4 Å². The van der Waals surface area contributed by atoms with Gasteiger partial charge in [0.05, 0.1) is 5.69 Å². The molecule has 0 fully saturated rings. The Morgan fingerprint density at radius 3 is 2.65 bits per heavy atom. The fraction of sp³-hybridized carbons (Fsp3) is 0.286. The van der Waals surface area contributed by atoms with Gasteiger partial charge in [0.25, 0.3) is 0 Å². The van der Waals surface area contributed by atoms with Crippen LogP contribution in [0.3, 0.4) is 0 Å². The third-order valence-electron chi connectivity index (χ3n) is 2.97. The maximum Gasteiger partial charge on any atom is 0.242 e. The average molecular weight is 310 g/mol. The van der Waals surface area contributed by atoms with Crippen molar-refractivity contribution in [2.24, 2.45) is 0 Å². The van der Waals surface area contributed by atoms with E-state index >= 15 is 0 Å². The van der Waals surface area contributed by atoms with Crippen molar-refractivity contribution >= 4 is 27.0 Å². The number of para-hydroxylation sites is 1. The van der Waals surface area contributed by atoms with Gasteiger partial charge in [0.15, 0.2) is 0 Å². The van der Waals surface area contributed by atoms with Crippen LogP contribution in [-0.4, -0.2) is 21.5 Å².